The molecule has 0 fully saturated rings. The predicted octanol–water partition coefficient (Wildman–Crippen LogP) is 2.80. The van der Waals surface area contributed by atoms with E-state index in [4.69, 9.17) is 5.73 Å². The molecule has 1 aromatic rings. The molecule has 0 saturated carbocycles. The first kappa shape index (κ1) is 10.3. The third-order valence-electron chi connectivity index (χ3n) is 2.44. The first-order chi connectivity index (χ1) is 6.27. The Morgan fingerprint density at radius 1 is 1.31 bits per heavy atom. The summed E-state index contributed by atoms with van der Waals surface area (Å²) in [5.41, 5.74) is 9.66. The molecule has 0 aliphatic carbocycles. The molecule has 0 atom stereocenters. The van der Waals surface area contributed by atoms with Crippen LogP contribution in [0.1, 0.15) is 36.5 Å². The fourth-order valence-electron chi connectivity index (χ4n) is 1.53. The van der Waals surface area contributed by atoms with Crippen molar-refractivity contribution in [3.05, 3.63) is 34.9 Å². The summed E-state index contributed by atoms with van der Waals surface area (Å²) in [4.78, 5) is 0. The number of unbranched alkanes of at least 4 members (excludes halogenated alkanes) is 1. The molecule has 0 amide bonds. The summed E-state index contributed by atoms with van der Waals surface area (Å²) in [6, 6.07) is 6.55. The van der Waals surface area contributed by atoms with Gasteiger partial charge < -0.3 is 5.73 Å². The summed E-state index contributed by atoms with van der Waals surface area (Å²) in [6.07, 6.45) is 3.74. The van der Waals surface area contributed by atoms with Crippen LogP contribution in [0.25, 0.3) is 0 Å². The third-order valence-corrected chi connectivity index (χ3v) is 2.44. The minimum Gasteiger partial charge on any atom is -0.326 e. The van der Waals surface area contributed by atoms with Crippen LogP contribution >= 0.6 is 0 Å². The lowest BCUT2D eigenvalue weighted by atomic mass is 10.0. The van der Waals surface area contributed by atoms with Gasteiger partial charge in [-0.1, -0.05) is 31.5 Å². The molecule has 72 valence electrons. The minimum atomic E-state index is 0.648. The monoisotopic (exact) mass is 177 g/mol. The van der Waals surface area contributed by atoms with Crippen molar-refractivity contribution in [2.75, 3.05) is 0 Å². The molecule has 0 heterocycles. The Hall–Kier alpha value is -0.820. The molecule has 0 aliphatic heterocycles. The first-order valence-corrected chi connectivity index (χ1v) is 5.06. The summed E-state index contributed by atoms with van der Waals surface area (Å²) in [5, 5.41) is 0. The van der Waals surface area contributed by atoms with Gasteiger partial charge >= 0.3 is 0 Å². The minimum absolute atomic E-state index is 0.648. The van der Waals surface area contributed by atoms with Crippen LogP contribution in [-0.4, -0.2) is 0 Å². The van der Waals surface area contributed by atoms with Gasteiger partial charge in [0.05, 0.1) is 0 Å². The number of benzene rings is 1. The standard InChI is InChI=1S/C12H19N/c1-3-4-5-12-7-6-11(9-13)8-10(12)2/h6-8H,3-5,9,13H2,1-2H3. The second-order valence-electron chi connectivity index (χ2n) is 3.57. The maximum atomic E-state index is 5.57. The summed E-state index contributed by atoms with van der Waals surface area (Å²) in [7, 11) is 0. The molecule has 0 saturated heterocycles. The number of hydrogen-bond donors (Lipinski definition) is 1. The molecule has 1 heteroatoms. The molecular weight excluding hydrogens is 158 g/mol. The zero-order valence-electron chi connectivity index (χ0n) is 8.64. The van der Waals surface area contributed by atoms with Crippen LogP contribution in [-0.2, 0) is 13.0 Å². The molecule has 0 aliphatic rings. The van der Waals surface area contributed by atoms with E-state index in [1.54, 1.807) is 0 Å². The van der Waals surface area contributed by atoms with Crippen molar-refractivity contribution in [2.24, 2.45) is 5.73 Å². The second-order valence-corrected chi connectivity index (χ2v) is 3.57. The quantitative estimate of drug-likeness (QED) is 0.752. The maximum absolute atomic E-state index is 5.57. The smallest absolute Gasteiger partial charge is 0.0178 e. The van der Waals surface area contributed by atoms with Crippen molar-refractivity contribution in [1.29, 1.82) is 0 Å². The van der Waals surface area contributed by atoms with Crippen LogP contribution in [0.5, 0.6) is 0 Å². The van der Waals surface area contributed by atoms with Crippen molar-refractivity contribution < 1.29 is 0 Å². The lowest BCUT2D eigenvalue weighted by molar-refractivity contribution is 0.790. The zero-order chi connectivity index (χ0) is 9.68. The van der Waals surface area contributed by atoms with Crippen LogP contribution < -0.4 is 5.73 Å². The van der Waals surface area contributed by atoms with E-state index in [-0.39, 0.29) is 0 Å². The molecule has 0 bridgehead atoms. The Morgan fingerprint density at radius 3 is 2.62 bits per heavy atom. The van der Waals surface area contributed by atoms with Gasteiger partial charge in [-0.25, -0.2) is 0 Å². The number of hydrogen-bond acceptors (Lipinski definition) is 1. The van der Waals surface area contributed by atoms with Crippen LogP contribution in [0.3, 0.4) is 0 Å². The van der Waals surface area contributed by atoms with Crippen molar-refractivity contribution in [3.8, 4) is 0 Å². The van der Waals surface area contributed by atoms with Crippen molar-refractivity contribution in [1.82, 2.24) is 0 Å². The second kappa shape index (κ2) is 5.03. The van der Waals surface area contributed by atoms with Crippen LogP contribution in [0.2, 0.25) is 0 Å². The topological polar surface area (TPSA) is 26.0 Å². The molecule has 0 radical (unpaired) electrons. The Kier molecular flexibility index (Phi) is 3.97. The Bertz CT molecular complexity index is 266. The highest BCUT2D eigenvalue weighted by atomic mass is 14.5. The Morgan fingerprint density at radius 2 is 2.08 bits per heavy atom. The Balaban J connectivity index is 2.73. The van der Waals surface area contributed by atoms with E-state index >= 15 is 0 Å². The molecule has 1 nitrogen and oxygen atoms in total. The number of aryl methyl sites for hydroxylation is 2. The van der Waals surface area contributed by atoms with Crippen molar-refractivity contribution in [2.45, 2.75) is 39.7 Å². The molecule has 0 aromatic heterocycles. The maximum Gasteiger partial charge on any atom is 0.0178 e. The van der Waals surface area contributed by atoms with Gasteiger partial charge in [-0.3, -0.25) is 0 Å². The average molecular weight is 177 g/mol. The van der Waals surface area contributed by atoms with Gasteiger partial charge in [0.1, 0.15) is 0 Å². The van der Waals surface area contributed by atoms with Crippen LogP contribution in [0.15, 0.2) is 18.2 Å². The lowest BCUT2D eigenvalue weighted by Gasteiger charge is -2.06. The first-order valence-electron chi connectivity index (χ1n) is 5.06. The fourth-order valence-corrected chi connectivity index (χ4v) is 1.53. The predicted molar refractivity (Wildman–Crippen MR) is 57.7 cm³/mol. The fraction of sp³-hybridized carbons (Fsp3) is 0.500. The van der Waals surface area contributed by atoms with Crippen LogP contribution in [0, 0.1) is 6.92 Å². The number of rotatable bonds is 4. The molecule has 2 N–H and O–H groups in total. The van der Waals surface area contributed by atoms with Gasteiger partial charge in [0.25, 0.3) is 0 Å². The molecule has 0 unspecified atom stereocenters. The average Bonchev–Trinajstić information content (AvgIpc) is 2.16. The molecule has 1 rings (SSSR count). The summed E-state index contributed by atoms with van der Waals surface area (Å²) in [5.74, 6) is 0. The van der Waals surface area contributed by atoms with E-state index < -0.39 is 0 Å². The van der Waals surface area contributed by atoms with E-state index in [2.05, 4.69) is 32.0 Å². The normalized spacial score (nSPS) is 10.4. The molecular formula is C12H19N. The van der Waals surface area contributed by atoms with E-state index in [1.807, 2.05) is 0 Å². The zero-order valence-corrected chi connectivity index (χ0v) is 8.64. The lowest BCUT2D eigenvalue weighted by Crippen LogP contribution is -1.98. The molecule has 0 spiro atoms. The number of nitrogens with two attached hydrogens (primary N) is 1. The largest absolute Gasteiger partial charge is 0.326 e. The summed E-state index contributed by atoms with van der Waals surface area (Å²) >= 11 is 0. The van der Waals surface area contributed by atoms with E-state index in [0.29, 0.717) is 6.54 Å². The van der Waals surface area contributed by atoms with Gasteiger partial charge in [-0.05, 0) is 36.5 Å². The SMILES string of the molecule is CCCCc1ccc(CN)cc1C. The van der Waals surface area contributed by atoms with E-state index in [0.717, 1.165) is 0 Å². The molecule has 13 heavy (non-hydrogen) atoms. The van der Waals surface area contributed by atoms with Gasteiger partial charge in [-0.2, -0.15) is 0 Å². The van der Waals surface area contributed by atoms with Gasteiger partial charge in [0.2, 0.25) is 0 Å². The third kappa shape index (κ3) is 2.85. The highest BCUT2D eigenvalue weighted by Gasteiger charge is 1.98. The van der Waals surface area contributed by atoms with Crippen LogP contribution in [0.4, 0.5) is 0 Å². The van der Waals surface area contributed by atoms with Crippen molar-refractivity contribution in [3.63, 3.8) is 0 Å². The highest BCUT2D eigenvalue weighted by molar-refractivity contribution is 5.31. The van der Waals surface area contributed by atoms with Gasteiger partial charge in [-0.15, -0.1) is 0 Å². The highest BCUT2D eigenvalue weighted by Crippen LogP contribution is 2.13. The van der Waals surface area contributed by atoms with Gasteiger partial charge in [0.15, 0.2) is 0 Å². The van der Waals surface area contributed by atoms with E-state index in [1.165, 1.54) is 36.0 Å². The molecule has 1 aromatic carbocycles. The summed E-state index contributed by atoms with van der Waals surface area (Å²) in [6.45, 7) is 5.04. The Labute approximate surface area is 81.0 Å². The van der Waals surface area contributed by atoms with Crippen molar-refractivity contribution >= 4 is 0 Å². The summed E-state index contributed by atoms with van der Waals surface area (Å²) < 4.78 is 0. The van der Waals surface area contributed by atoms with Gasteiger partial charge in [0, 0.05) is 6.54 Å². The van der Waals surface area contributed by atoms with E-state index in [9.17, 15) is 0 Å².